The number of benzene rings is 1. The summed E-state index contributed by atoms with van der Waals surface area (Å²) in [7, 11) is 1.49. The smallest absolute Gasteiger partial charge is 0.238 e. The van der Waals surface area contributed by atoms with Gasteiger partial charge < -0.3 is 19.1 Å². The van der Waals surface area contributed by atoms with Crippen molar-refractivity contribution in [3.63, 3.8) is 0 Å². The van der Waals surface area contributed by atoms with Crippen molar-refractivity contribution in [3.8, 4) is 17.7 Å². The zero-order valence-electron chi connectivity index (χ0n) is 18.1. The number of rotatable bonds is 5. The molecule has 3 heterocycles. The number of ether oxygens (including phenoxy) is 2. The van der Waals surface area contributed by atoms with Gasteiger partial charge in [-0.1, -0.05) is 11.8 Å². The second kappa shape index (κ2) is 10.5. The fraction of sp³-hybridized carbons (Fsp3) is 0.261. The lowest BCUT2D eigenvalue weighted by Gasteiger charge is -2.28. The summed E-state index contributed by atoms with van der Waals surface area (Å²) in [5, 5.41) is 0. The largest absolute Gasteiger partial charge is 0.480 e. The Morgan fingerprint density at radius 2 is 1.94 bits per heavy atom. The van der Waals surface area contributed by atoms with Crippen molar-refractivity contribution in [2.45, 2.75) is 11.8 Å². The van der Waals surface area contributed by atoms with E-state index in [2.05, 4.69) is 36.4 Å². The first-order chi connectivity index (χ1) is 16.0. The topological polar surface area (TPSA) is 72.4 Å². The van der Waals surface area contributed by atoms with Gasteiger partial charge in [0.1, 0.15) is 29.5 Å². The van der Waals surface area contributed by atoms with Crippen LogP contribution >= 0.6 is 11.9 Å². The van der Waals surface area contributed by atoms with Crippen LogP contribution in [0.15, 0.2) is 41.7 Å². The zero-order valence-corrected chi connectivity index (χ0v) is 18.9. The molecule has 0 unspecified atom stereocenters. The van der Waals surface area contributed by atoms with Crippen LogP contribution in [0.1, 0.15) is 16.8 Å². The van der Waals surface area contributed by atoms with Crippen LogP contribution in [0.2, 0.25) is 0 Å². The molecule has 1 saturated heterocycles. The van der Waals surface area contributed by atoms with Crippen LogP contribution in [-0.2, 0) is 4.74 Å². The molecule has 0 radical (unpaired) electrons. The van der Waals surface area contributed by atoms with E-state index >= 15 is 0 Å². The van der Waals surface area contributed by atoms with Gasteiger partial charge >= 0.3 is 0 Å². The molecule has 3 aromatic rings. The molecule has 0 bridgehead atoms. The number of aryl methyl sites for hydroxylation is 1. The molecular weight excluding hydrogens is 448 g/mol. The third kappa shape index (κ3) is 5.50. The first-order valence-corrected chi connectivity index (χ1v) is 10.9. The zero-order chi connectivity index (χ0) is 23.2. The first kappa shape index (κ1) is 22.8. The lowest BCUT2D eigenvalue weighted by Crippen LogP contribution is -2.37. The lowest BCUT2D eigenvalue weighted by atomic mass is 10.2. The molecule has 1 aromatic carbocycles. The average Bonchev–Trinajstić information content (AvgIpc) is 2.83. The van der Waals surface area contributed by atoms with E-state index in [0.717, 1.165) is 48.2 Å². The van der Waals surface area contributed by atoms with E-state index in [1.165, 1.54) is 25.6 Å². The highest BCUT2D eigenvalue weighted by molar-refractivity contribution is 8.00. The Bertz CT molecular complexity index is 1210. The van der Waals surface area contributed by atoms with Crippen molar-refractivity contribution >= 4 is 23.5 Å². The summed E-state index contributed by atoms with van der Waals surface area (Å²) in [4.78, 5) is 15.4. The molecule has 7 nitrogen and oxygen atoms in total. The third-order valence-corrected chi connectivity index (χ3v) is 5.74. The number of morpholine rings is 1. The Morgan fingerprint density at radius 1 is 1.12 bits per heavy atom. The summed E-state index contributed by atoms with van der Waals surface area (Å²) in [5.74, 6) is 6.09. The van der Waals surface area contributed by atoms with E-state index in [1.807, 2.05) is 6.92 Å². The van der Waals surface area contributed by atoms with Crippen LogP contribution in [0.3, 0.4) is 0 Å². The highest BCUT2D eigenvalue weighted by Gasteiger charge is 2.17. The Labute approximate surface area is 194 Å². The summed E-state index contributed by atoms with van der Waals surface area (Å²) in [5.41, 5.74) is 2.65. The van der Waals surface area contributed by atoms with Crippen LogP contribution in [0.5, 0.6) is 5.88 Å². The molecule has 0 atom stereocenters. The number of halogens is 2. The van der Waals surface area contributed by atoms with Gasteiger partial charge in [-0.15, -0.1) is 0 Å². The Balaban J connectivity index is 1.59. The number of hydrogen-bond donors (Lipinski definition) is 1. The molecule has 2 aromatic heterocycles. The molecule has 33 heavy (non-hydrogen) atoms. The molecule has 0 saturated carbocycles. The highest BCUT2D eigenvalue weighted by Crippen LogP contribution is 2.29. The first-order valence-electron chi connectivity index (χ1n) is 10.1. The number of hydrogen-bond acceptors (Lipinski definition) is 8. The number of nitrogens with one attached hydrogen (secondary N) is 1. The number of aromatic nitrogens is 3. The van der Waals surface area contributed by atoms with Crippen molar-refractivity contribution in [3.05, 3.63) is 65.2 Å². The second-order valence-corrected chi connectivity index (χ2v) is 7.91. The van der Waals surface area contributed by atoms with Gasteiger partial charge in [0.25, 0.3) is 0 Å². The van der Waals surface area contributed by atoms with Crippen molar-refractivity contribution in [1.29, 1.82) is 0 Å². The molecule has 0 amide bonds. The van der Waals surface area contributed by atoms with Gasteiger partial charge in [-0.3, -0.25) is 0 Å². The highest BCUT2D eigenvalue weighted by atomic mass is 32.2. The van der Waals surface area contributed by atoms with E-state index in [4.69, 9.17) is 9.47 Å². The van der Waals surface area contributed by atoms with E-state index in [9.17, 15) is 8.78 Å². The predicted octanol–water partition coefficient (Wildman–Crippen LogP) is 3.82. The summed E-state index contributed by atoms with van der Waals surface area (Å²) >= 11 is 0.987. The van der Waals surface area contributed by atoms with Gasteiger partial charge in [-0.05, 0) is 37.1 Å². The number of anilines is 2. The third-order valence-electron chi connectivity index (χ3n) is 4.87. The van der Waals surface area contributed by atoms with Gasteiger partial charge in [0.2, 0.25) is 5.88 Å². The van der Waals surface area contributed by atoms with Crippen molar-refractivity contribution in [2.75, 3.05) is 43.0 Å². The summed E-state index contributed by atoms with van der Waals surface area (Å²) in [6.07, 6.45) is 3.13. The SMILES string of the molecule is COc1ncc(C#Cc2c(C)ncnc2N2CCOCC2)cc1NSc1ccc(F)cc1F. The fourth-order valence-corrected chi connectivity index (χ4v) is 3.84. The summed E-state index contributed by atoms with van der Waals surface area (Å²) in [6.45, 7) is 4.64. The van der Waals surface area contributed by atoms with Crippen molar-refractivity contribution < 1.29 is 18.3 Å². The minimum Gasteiger partial charge on any atom is -0.480 e. The quantitative estimate of drug-likeness (QED) is 0.447. The van der Waals surface area contributed by atoms with Crippen LogP contribution in [0.25, 0.3) is 0 Å². The maximum absolute atomic E-state index is 14.0. The molecule has 1 aliphatic rings. The van der Waals surface area contributed by atoms with Crippen LogP contribution in [0, 0.1) is 30.4 Å². The van der Waals surface area contributed by atoms with Crippen molar-refractivity contribution in [2.24, 2.45) is 0 Å². The van der Waals surface area contributed by atoms with Gasteiger partial charge in [0.05, 0.1) is 36.5 Å². The fourth-order valence-electron chi connectivity index (χ4n) is 3.18. The van der Waals surface area contributed by atoms with Crippen LogP contribution in [0.4, 0.5) is 20.3 Å². The molecule has 1 fully saturated rings. The maximum Gasteiger partial charge on any atom is 0.238 e. The summed E-state index contributed by atoms with van der Waals surface area (Å²) < 4.78 is 40.8. The Morgan fingerprint density at radius 3 is 2.70 bits per heavy atom. The number of methoxy groups -OCH3 is 1. The van der Waals surface area contributed by atoms with Gasteiger partial charge in [-0.2, -0.15) is 0 Å². The molecule has 1 aliphatic heterocycles. The monoisotopic (exact) mass is 469 g/mol. The molecule has 10 heteroatoms. The summed E-state index contributed by atoms with van der Waals surface area (Å²) in [6, 6.07) is 5.14. The van der Waals surface area contributed by atoms with E-state index in [0.29, 0.717) is 30.3 Å². The number of pyridine rings is 1. The second-order valence-electron chi connectivity index (χ2n) is 7.07. The Kier molecular flexibility index (Phi) is 7.22. The molecule has 0 spiro atoms. The van der Waals surface area contributed by atoms with Crippen molar-refractivity contribution in [1.82, 2.24) is 15.0 Å². The molecule has 0 aliphatic carbocycles. The predicted molar refractivity (Wildman–Crippen MR) is 122 cm³/mol. The van der Waals surface area contributed by atoms with E-state index in [-0.39, 0.29) is 4.90 Å². The molecule has 4 rings (SSSR count). The molecule has 1 N–H and O–H groups in total. The van der Waals surface area contributed by atoms with Gasteiger partial charge in [0.15, 0.2) is 0 Å². The van der Waals surface area contributed by atoms with E-state index in [1.54, 1.807) is 12.3 Å². The normalized spacial score (nSPS) is 13.3. The minimum atomic E-state index is -0.662. The molecular formula is C23H21F2N5O2S. The van der Waals surface area contributed by atoms with E-state index < -0.39 is 11.6 Å². The lowest BCUT2D eigenvalue weighted by molar-refractivity contribution is 0.122. The van der Waals surface area contributed by atoms with Crippen LogP contribution in [-0.4, -0.2) is 48.4 Å². The minimum absolute atomic E-state index is 0.238. The standard InChI is InChI=1S/C23H21F2N5O2S/c1-15-18(22(28-14-27-15)30-7-9-32-10-8-30)5-3-16-11-20(23(31-2)26-13-16)29-33-21-6-4-17(24)12-19(21)25/h4,6,11-14,29H,7-10H2,1-2H3. The van der Waals surface area contributed by atoms with Gasteiger partial charge in [0, 0.05) is 30.9 Å². The van der Waals surface area contributed by atoms with Gasteiger partial charge in [-0.25, -0.2) is 23.7 Å². The average molecular weight is 470 g/mol. The van der Waals surface area contributed by atoms with Crippen LogP contribution < -0.4 is 14.4 Å². The molecule has 170 valence electrons. The maximum atomic E-state index is 14.0. The number of nitrogens with zero attached hydrogens (tertiary/aromatic N) is 4. The Hall–Kier alpha value is -3.42.